The van der Waals surface area contributed by atoms with Crippen LogP contribution in [0.15, 0.2) is 64.8 Å². The summed E-state index contributed by atoms with van der Waals surface area (Å²) in [7, 11) is 15.2. The molecule has 0 amide bonds. The van der Waals surface area contributed by atoms with Crippen LogP contribution in [0.2, 0.25) is 0 Å². The largest absolute Gasteiger partial charge is 0.503 e. The predicted molar refractivity (Wildman–Crippen MR) is 156 cm³/mol. The van der Waals surface area contributed by atoms with Crippen molar-refractivity contribution in [1.82, 2.24) is 0 Å². The molecule has 0 N–H and O–H groups in total. The zero-order chi connectivity index (χ0) is 27.9. The van der Waals surface area contributed by atoms with E-state index in [-0.39, 0.29) is 18.0 Å². The molecule has 0 spiro atoms. The number of carbonyl (C=O) groups is 2. The molecule has 0 saturated heterocycles. The first-order valence-corrected chi connectivity index (χ1v) is 13.3. The number of methoxy groups -OCH3 is 1. The minimum Gasteiger partial charge on any atom is -0.503 e. The van der Waals surface area contributed by atoms with E-state index in [2.05, 4.69) is 33.2 Å². The summed E-state index contributed by atoms with van der Waals surface area (Å²) in [6.45, 7) is 5.41. The Kier molecular flexibility index (Phi) is 10.4. The highest BCUT2D eigenvalue weighted by Crippen LogP contribution is 2.35. The first-order valence-electron chi connectivity index (χ1n) is 12.8. The van der Waals surface area contributed by atoms with Crippen molar-refractivity contribution >= 4 is 48.4 Å². The van der Waals surface area contributed by atoms with E-state index in [4.69, 9.17) is 34.9 Å². The van der Waals surface area contributed by atoms with Gasteiger partial charge in [-0.05, 0) is 69.9 Å². The quantitative estimate of drug-likeness (QED) is 0.304. The summed E-state index contributed by atoms with van der Waals surface area (Å²) in [5.74, 6) is 0.0738. The van der Waals surface area contributed by atoms with Gasteiger partial charge in [0.15, 0.2) is 0 Å². The molecule has 10 heteroatoms. The lowest BCUT2D eigenvalue weighted by Gasteiger charge is -2.41. The number of aliphatic imine (C=N–C) groups is 1. The van der Waals surface area contributed by atoms with Crippen molar-refractivity contribution in [3.05, 3.63) is 59.8 Å². The van der Waals surface area contributed by atoms with Crippen LogP contribution in [0.25, 0.3) is 0 Å². The molecule has 4 atom stereocenters. The number of amidine groups is 1. The van der Waals surface area contributed by atoms with Gasteiger partial charge in [0.1, 0.15) is 33.4 Å². The molecule has 1 aliphatic heterocycles. The summed E-state index contributed by atoms with van der Waals surface area (Å²) in [4.78, 5) is 31.6. The molecule has 1 aromatic carbocycles. The van der Waals surface area contributed by atoms with Crippen LogP contribution in [0.3, 0.4) is 0 Å². The minimum atomic E-state index is -1.40. The van der Waals surface area contributed by atoms with Crippen molar-refractivity contribution < 1.29 is 23.8 Å². The van der Waals surface area contributed by atoms with Gasteiger partial charge in [0.05, 0.1) is 13.0 Å². The fourth-order valence-corrected chi connectivity index (χ4v) is 4.96. The van der Waals surface area contributed by atoms with Crippen molar-refractivity contribution in [2.45, 2.75) is 70.2 Å². The number of rotatable bonds is 6. The smallest absolute Gasteiger partial charge is 0.308 e. The highest BCUT2D eigenvalue weighted by molar-refractivity contribution is 7.25. The lowest BCUT2D eigenvalue weighted by Crippen LogP contribution is -2.48. The van der Waals surface area contributed by atoms with Crippen molar-refractivity contribution in [2.24, 2.45) is 10.9 Å². The van der Waals surface area contributed by atoms with Crippen LogP contribution in [-0.2, 0) is 19.1 Å². The van der Waals surface area contributed by atoms with Crippen LogP contribution in [0.1, 0.15) is 52.9 Å². The molecule has 1 unspecified atom stereocenters. The van der Waals surface area contributed by atoms with Crippen LogP contribution in [-0.4, -0.2) is 57.9 Å². The van der Waals surface area contributed by atoms with Gasteiger partial charge >= 0.3 is 11.9 Å². The fraction of sp³-hybridized carbons (Fsp3) is 0.464. The van der Waals surface area contributed by atoms with E-state index in [0.29, 0.717) is 30.8 Å². The van der Waals surface area contributed by atoms with Gasteiger partial charge in [-0.2, -0.15) is 0 Å². The van der Waals surface area contributed by atoms with E-state index in [1.54, 1.807) is 12.1 Å². The van der Waals surface area contributed by atoms with Crippen LogP contribution >= 0.6 is 9.24 Å². The second kappa shape index (κ2) is 13.3. The molecule has 1 fully saturated rings. The van der Waals surface area contributed by atoms with Gasteiger partial charge < -0.3 is 19.1 Å². The maximum atomic E-state index is 12.7. The Bertz CT molecular complexity index is 1130. The number of carbonyl (C=O) groups excluding carboxylic acids is 2. The van der Waals surface area contributed by atoms with E-state index >= 15 is 0 Å². The molecular weight excluding hydrogens is 497 g/mol. The van der Waals surface area contributed by atoms with Gasteiger partial charge in [-0.3, -0.25) is 9.59 Å². The van der Waals surface area contributed by atoms with Gasteiger partial charge in [0.2, 0.25) is 0 Å². The standard InChI is InChI=1S/C28H35B2N2O5P/c1-18-7-5-6-8-19(2)31-26(14-9-18)32(22-10-12-24(13-11-22)37-28(29,30)38)23-15-21(27(34)35-4)16-25(17-23)36-20(3)33/h7-14,21,23,25H,5-6,15-17,38H2,1-4H3/b14-9?,18-7+,19-8+,31-26?/t21-,23+,25-/m0/s1. The summed E-state index contributed by atoms with van der Waals surface area (Å²) >= 11 is 0. The number of esters is 2. The summed E-state index contributed by atoms with van der Waals surface area (Å²) in [6, 6.07) is 7.14. The number of anilines is 1. The average molecular weight is 532 g/mol. The zero-order valence-corrected chi connectivity index (χ0v) is 23.7. The number of ether oxygens (including phenoxy) is 3. The van der Waals surface area contributed by atoms with Crippen molar-refractivity contribution in [1.29, 1.82) is 0 Å². The normalized spacial score (nSPS) is 25.1. The van der Waals surface area contributed by atoms with Crippen LogP contribution in [0.4, 0.5) is 5.69 Å². The Balaban J connectivity index is 2.10. The summed E-state index contributed by atoms with van der Waals surface area (Å²) < 4.78 is 16.3. The van der Waals surface area contributed by atoms with E-state index < -0.39 is 17.2 Å². The molecule has 4 radical (unpaired) electrons. The topological polar surface area (TPSA) is 77.4 Å². The third-order valence-electron chi connectivity index (χ3n) is 6.39. The van der Waals surface area contributed by atoms with E-state index in [1.807, 2.05) is 31.2 Å². The minimum absolute atomic E-state index is 0.211. The Morgan fingerprint density at radius 3 is 2.37 bits per heavy atom. The monoisotopic (exact) mass is 532 g/mol. The summed E-state index contributed by atoms with van der Waals surface area (Å²) in [6.07, 6.45) is 11.2. The maximum absolute atomic E-state index is 12.7. The van der Waals surface area contributed by atoms with Crippen LogP contribution in [0.5, 0.6) is 5.75 Å². The molecule has 1 aromatic rings. The van der Waals surface area contributed by atoms with Crippen LogP contribution in [0, 0.1) is 5.92 Å². The first kappa shape index (κ1) is 29.8. The lowest BCUT2D eigenvalue weighted by molar-refractivity contribution is -0.155. The number of hydrogen-bond donors (Lipinski definition) is 0. The van der Waals surface area contributed by atoms with E-state index in [0.717, 1.165) is 29.8 Å². The first-order chi connectivity index (χ1) is 17.9. The molecular formula is C28H35B2N2O5P. The molecule has 1 aliphatic carbocycles. The Morgan fingerprint density at radius 2 is 1.74 bits per heavy atom. The van der Waals surface area contributed by atoms with Crippen molar-refractivity contribution in [3.63, 3.8) is 0 Å². The molecule has 0 aromatic heterocycles. The molecule has 0 bridgehead atoms. The summed E-state index contributed by atoms with van der Waals surface area (Å²) in [5.41, 5.74) is 2.84. The highest BCUT2D eigenvalue weighted by atomic mass is 31.0. The SMILES string of the molecule is [B]C([B])(P)Oc1ccc(N(C2=N/C(C)=C/CC/C=C(\C)C=C2)[C@H]2C[C@@H](OC(C)=O)C[C@@H](C(=O)OC)C2)cc1. The number of nitrogens with zero attached hydrogens (tertiary/aromatic N) is 2. The van der Waals surface area contributed by atoms with Gasteiger partial charge in [-0.1, -0.05) is 23.8 Å². The van der Waals surface area contributed by atoms with Gasteiger partial charge in [-0.25, -0.2) is 4.99 Å². The fourth-order valence-electron chi connectivity index (χ4n) is 4.82. The predicted octanol–water partition coefficient (Wildman–Crippen LogP) is 4.57. The second-order valence-electron chi connectivity index (χ2n) is 9.81. The van der Waals surface area contributed by atoms with Gasteiger partial charge in [0.25, 0.3) is 0 Å². The summed E-state index contributed by atoms with van der Waals surface area (Å²) in [5, 5.41) is -1.40. The van der Waals surface area contributed by atoms with Gasteiger partial charge in [-0.15, -0.1) is 9.24 Å². The lowest BCUT2D eigenvalue weighted by atomic mass is 9.80. The molecule has 3 rings (SSSR count). The second-order valence-corrected chi connectivity index (χ2v) is 10.7. The van der Waals surface area contributed by atoms with E-state index in [1.165, 1.54) is 14.0 Å². The highest BCUT2D eigenvalue weighted by Gasteiger charge is 2.39. The van der Waals surface area contributed by atoms with E-state index in [9.17, 15) is 9.59 Å². The molecule has 198 valence electrons. The maximum Gasteiger partial charge on any atom is 0.308 e. The molecule has 2 aliphatic rings. The Labute approximate surface area is 230 Å². The Morgan fingerprint density at radius 1 is 1.05 bits per heavy atom. The number of benzene rings is 1. The number of hydrogen-bond acceptors (Lipinski definition) is 7. The number of allylic oxidation sites excluding steroid dienone is 5. The third-order valence-corrected chi connectivity index (χ3v) is 6.50. The zero-order valence-electron chi connectivity index (χ0n) is 22.6. The van der Waals surface area contributed by atoms with Crippen LogP contribution < -0.4 is 9.64 Å². The van der Waals surface area contributed by atoms with Gasteiger partial charge in [0, 0.05) is 35.9 Å². The third kappa shape index (κ3) is 8.90. The molecule has 38 heavy (non-hydrogen) atoms. The Hall–Kier alpha value is -2.79. The molecule has 1 heterocycles. The molecule has 1 saturated carbocycles. The van der Waals surface area contributed by atoms with Crippen molar-refractivity contribution in [3.8, 4) is 5.75 Å². The van der Waals surface area contributed by atoms with Crippen molar-refractivity contribution in [2.75, 3.05) is 12.0 Å². The molecule has 7 nitrogen and oxygen atoms in total. The average Bonchev–Trinajstić information content (AvgIpc) is 2.84.